The Hall–Kier alpha value is -1.71. The van der Waals surface area contributed by atoms with Crippen molar-refractivity contribution in [1.82, 2.24) is 0 Å². The Morgan fingerprint density at radius 2 is 1.14 bits per heavy atom. The van der Waals surface area contributed by atoms with Gasteiger partial charge in [-0.3, -0.25) is 0 Å². The molecule has 0 saturated carbocycles. The van der Waals surface area contributed by atoms with E-state index in [1.54, 1.807) is 0 Å². The van der Waals surface area contributed by atoms with Gasteiger partial charge in [0, 0.05) is 0 Å². The van der Waals surface area contributed by atoms with Crippen molar-refractivity contribution in [2.75, 3.05) is 13.3 Å². The number of esters is 1. The second-order valence-corrected chi connectivity index (χ2v) is 18.1. The molecule has 0 heterocycles. The van der Waals surface area contributed by atoms with Gasteiger partial charge in [-0.25, -0.2) is 0 Å². The summed E-state index contributed by atoms with van der Waals surface area (Å²) in [5, 5.41) is 4.22. The van der Waals surface area contributed by atoms with Gasteiger partial charge in [-0.2, -0.15) is 0 Å². The van der Waals surface area contributed by atoms with E-state index in [0.717, 1.165) is 25.4 Å². The van der Waals surface area contributed by atoms with Gasteiger partial charge in [-0.05, 0) is 0 Å². The molecule has 0 spiro atoms. The maximum absolute atomic E-state index is 11.5. The van der Waals surface area contributed by atoms with E-state index in [0.29, 0.717) is 6.42 Å². The fourth-order valence-corrected chi connectivity index (χ4v) is 12.8. The zero-order chi connectivity index (χ0) is 20.6. The first kappa shape index (κ1) is 22.0. The molecule has 0 bridgehead atoms. The van der Waals surface area contributed by atoms with Crippen LogP contribution in [0.2, 0.25) is 0 Å². The van der Waals surface area contributed by atoms with Gasteiger partial charge >= 0.3 is 188 Å². The molecule has 3 aromatic carbocycles. The third kappa shape index (κ3) is 4.57. The number of halogens is 1. The van der Waals surface area contributed by atoms with Gasteiger partial charge in [0.25, 0.3) is 0 Å². The number of ether oxygens (including phenoxy) is 1. The molecule has 0 unspecified atom stereocenters. The van der Waals surface area contributed by atoms with Gasteiger partial charge in [-0.15, -0.1) is 0 Å². The van der Waals surface area contributed by atoms with Crippen LogP contribution in [0, 0.1) is 0 Å². The Labute approximate surface area is 187 Å². The summed E-state index contributed by atoms with van der Waals surface area (Å²) in [4.78, 5) is 11.5. The van der Waals surface area contributed by atoms with E-state index in [2.05, 4.69) is 113 Å². The van der Waals surface area contributed by atoms with Crippen molar-refractivity contribution in [1.29, 1.82) is 0 Å². The summed E-state index contributed by atoms with van der Waals surface area (Å²) in [6, 6.07) is 32.9. The maximum atomic E-state index is 11.5. The molecular weight excluding hydrogens is 490 g/mol. The Morgan fingerprint density at radius 1 is 0.724 bits per heavy atom. The number of benzene rings is 3. The van der Waals surface area contributed by atoms with Crippen LogP contribution >= 0.6 is 26.3 Å². The molecule has 0 aromatic heterocycles. The molecule has 0 aliphatic heterocycles. The van der Waals surface area contributed by atoms with Crippen LogP contribution in [0.15, 0.2) is 91.0 Å². The fourth-order valence-electron chi connectivity index (χ4n) is 4.01. The van der Waals surface area contributed by atoms with Crippen molar-refractivity contribution in [2.45, 2.75) is 25.7 Å². The molecule has 29 heavy (non-hydrogen) atoms. The molecule has 0 N–H and O–H groups in total. The van der Waals surface area contributed by atoms with Gasteiger partial charge < -0.3 is 0 Å². The third-order valence-corrected chi connectivity index (χ3v) is 17.3. The number of methoxy groups -OCH3 is 1. The van der Waals surface area contributed by atoms with E-state index in [-0.39, 0.29) is 5.97 Å². The quantitative estimate of drug-likeness (QED) is 0.160. The van der Waals surface area contributed by atoms with Crippen molar-refractivity contribution < 1.29 is 9.53 Å². The van der Waals surface area contributed by atoms with Crippen LogP contribution in [-0.4, -0.2) is 19.2 Å². The summed E-state index contributed by atoms with van der Waals surface area (Å²) in [5.74, 6) is -0.119. The molecule has 0 aliphatic carbocycles. The van der Waals surface area contributed by atoms with E-state index >= 15 is 0 Å². The summed E-state index contributed by atoms with van der Waals surface area (Å²) in [7, 11) is 1.46. The van der Waals surface area contributed by atoms with Crippen LogP contribution in [-0.2, 0) is 9.53 Å². The summed E-state index contributed by atoms with van der Waals surface area (Å²) in [6.07, 6.45) is 4.52. The Morgan fingerprint density at radius 3 is 1.52 bits per heavy atom. The fraction of sp³-hybridized carbons (Fsp3) is 0.240. The zero-order valence-electron chi connectivity index (χ0n) is 16.8. The van der Waals surface area contributed by atoms with Gasteiger partial charge in [0.2, 0.25) is 0 Å². The van der Waals surface area contributed by atoms with Crippen LogP contribution in [0.1, 0.15) is 25.7 Å². The second kappa shape index (κ2) is 9.86. The number of hydrogen-bond acceptors (Lipinski definition) is 2. The summed E-state index contributed by atoms with van der Waals surface area (Å²) in [5.41, 5.74) is 0. The van der Waals surface area contributed by atoms with Gasteiger partial charge in [0.1, 0.15) is 0 Å². The molecule has 0 fully saturated rings. The van der Waals surface area contributed by atoms with Crippen molar-refractivity contribution >= 4 is 48.2 Å². The molecule has 0 atom stereocenters. The van der Waals surface area contributed by atoms with E-state index < -0.39 is 4.25 Å². The minimum atomic E-state index is -2.67. The molecule has 152 valence electrons. The Bertz CT molecular complexity index is 814. The van der Waals surface area contributed by atoms with Crippen molar-refractivity contribution in [3.8, 4) is 0 Å². The monoisotopic (exact) mass is 518 g/mol. The summed E-state index contributed by atoms with van der Waals surface area (Å²) in [6.45, 7) is 0. The standard InChI is InChI=1S/C25H28IO2P/c1-28-25(27)20-12-5-13-21-29(26,22-14-6-2-7-15-22,23-16-8-3-9-17-23)24-18-10-4-11-19-24/h2-4,6-11,14-19H,5,12-13,20-21H2,1H3. The topological polar surface area (TPSA) is 26.3 Å². The van der Waals surface area contributed by atoms with Gasteiger partial charge in [0.15, 0.2) is 0 Å². The average Bonchev–Trinajstić information content (AvgIpc) is 2.80. The number of carbonyl (C=O) groups excluding carboxylic acids is 1. The predicted octanol–water partition coefficient (Wildman–Crippen LogP) is 5.60. The van der Waals surface area contributed by atoms with E-state index in [1.165, 1.54) is 23.0 Å². The number of unbranched alkanes of at least 4 members (excludes halogenated alkanes) is 2. The molecule has 0 amide bonds. The molecule has 3 rings (SSSR count). The molecule has 4 heteroatoms. The SMILES string of the molecule is COC(=O)CCCCCP(I)(c1ccccc1)(c1ccccc1)c1ccccc1. The number of rotatable bonds is 9. The van der Waals surface area contributed by atoms with Crippen molar-refractivity contribution in [3.05, 3.63) is 91.0 Å². The Kier molecular flexibility index (Phi) is 7.48. The van der Waals surface area contributed by atoms with Crippen LogP contribution in [0.4, 0.5) is 0 Å². The second-order valence-electron chi connectivity index (χ2n) is 7.30. The van der Waals surface area contributed by atoms with E-state index in [4.69, 9.17) is 4.74 Å². The molecule has 3 aromatic rings. The number of hydrogen-bond donors (Lipinski definition) is 0. The molecular formula is C25H28IO2P. The molecule has 0 aliphatic rings. The van der Waals surface area contributed by atoms with E-state index in [1.807, 2.05) is 0 Å². The van der Waals surface area contributed by atoms with Crippen molar-refractivity contribution in [3.63, 3.8) is 0 Å². The zero-order valence-corrected chi connectivity index (χ0v) is 19.9. The molecule has 0 saturated heterocycles. The average molecular weight is 518 g/mol. The normalized spacial score (nSPS) is 12.7. The first-order valence-electron chi connectivity index (χ1n) is 10.1. The van der Waals surface area contributed by atoms with Crippen LogP contribution in [0.25, 0.3) is 0 Å². The van der Waals surface area contributed by atoms with Gasteiger partial charge in [0.05, 0.1) is 0 Å². The van der Waals surface area contributed by atoms with Crippen LogP contribution in [0.3, 0.4) is 0 Å². The molecule has 2 nitrogen and oxygen atoms in total. The minimum absolute atomic E-state index is 0.119. The third-order valence-electron chi connectivity index (χ3n) is 5.57. The van der Waals surface area contributed by atoms with Crippen LogP contribution in [0.5, 0.6) is 0 Å². The van der Waals surface area contributed by atoms with Crippen LogP contribution < -0.4 is 15.9 Å². The first-order valence-corrected chi connectivity index (χ1v) is 15.3. The first-order chi connectivity index (χ1) is 14.1. The molecule has 0 radical (unpaired) electrons. The van der Waals surface area contributed by atoms with Gasteiger partial charge in [-0.1, -0.05) is 0 Å². The summed E-state index contributed by atoms with van der Waals surface area (Å²) < 4.78 is 2.13. The summed E-state index contributed by atoms with van der Waals surface area (Å²) >= 11 is 2.82. The van der Waals surface area contributed by atoms with Crippen molar-refractivity contribution in [2.24, 2.45) is 0 Å². The predicted molar refractivity (Wildman–Crippen MR) is 135 cm³/mol. The number of carbonyl (C=O) groups is 1. The Balaban J connectivity index is 2.06. The van der Waals surface area contributed by atoms with E-state index in [9.17, 15) is 4.79 Å².